The lowest BCUT2D eigenvalue weighted by atomic mass is 9.98. The Morgan fingerprint density at radius 1 is 1.31 bits per heavy atom. The molecule has 0 N–H and O–H groups in total. The number of piperidine rings is 1. The standard InChI is InChI=1S/C13H15NO2/c15-13-11-6-12(16-9-11)8-14(13)7-10-4-2-1-3-5-10/h1-5,11-12H,6-9H2. The van der Waals surface area contributed by atoms with Crippen LogP contribution >= 0.6 is 0 Å². The molecule has 16 heavy (non-hydrogen) atoms. The molecule has 2 unspecified atom stereocenters. The third-order valence-electron chi connectivity index (χ3n) is 3.38. The summed E-state index contributed by atoms with van der Waals surface area (Å²) in [7, 11) is 0. The van der Waals surface area contributed by atoms with E-state index < -0.39 is 0 Å². The van der Waals surface area contributed by atoms with Gasteiger partial charge in [0.25, 0.3) is 0 Å². The second-order valence-corrected chi connectivity index (χ2v) is 4.59. The van der Waals surface area contributed by atoms with Crippen molar-refractivity contribution < 1.29 is 9.53 Å². The van der Waals surface area contributed by atoms with Crippen molar-refractivity contribution in [2.75, 3.05) is 13.2 Å². The molecule has 0 radical (unpaired) electrons. The fourth-order valence-corrected chi connectivity index (χ4v) is 2.55. The number of carbonyl (C=O) groups is 1. The highest BCUT2D eigenvalue weighted by Crippen LogP contribution is 2.28. The van der Waals surface area contributed by atoms with Crippen LogP contribution in [0.15, 0.2) is 30.3 Å². The average Bonchev–Trinajstić information content (AvgIpc) is 2.72. The second kappa shape index (κ2) is 3.91. The molecule has 2 bridgehead atoms. The summed E-state index contributed by atoms with van der Waals surface area (Å²) in [5, 5.41) is 0. The van der Waals surface area contributed by atoms with E-state index in [1.54, 1.807) is 0 Å². The molecule has 1 amide bonds. The monoisotopic (exact) mass is 217 g/mol. The summed E-state index contributed by atoms with van der Waals surface area (Å²) in [4.78, 5) is 14.0. The number of likely N-dealkylation sites (tertiary alicyclic amines) is 1. The van der Waals surface area contributed by atoms with E-state index in [2.05, 4.69) is 12.1 Å². The molecule has 2 saturated heterocycles. The molecule has 0 aromatic heterocycles. The number of fused-ring (bicyclic) bond motifs is 2. The summed E-state index contributed by atoms with van der Waals surface area (Å²) in [5.41, 5.74) is 1.19. The first-order chi connectivity index (χ1) is 7.83. The summed E-state index contributed by atoms with van der Waals surface area (Å²) in [5.74, 6) is 0.375. The van der Waals surface area contributed by atoms with Gasteiger partial charge in [-0.3, -0.25) is 4.79 Å². The van der Waals surface area contributed by atoms with Crippen molar-refractivity contribution in [2.24, 2.45) is 5.92 Å². The largest absolute Gasteiger partial charge is 0.376 e. The zero-order valence-corrected chi connectivity index (χ0v) is 9.13. The van der Waals surface area contributed by atoms with Crippen molar-refractivity contribution in [2.45, 2.75) is 19.1 Å². The van der Waals surface area contributed by atoms with Gasteiger partial charge in [-0.25, -0.2) is 0 Å². The maximum atomic E-state index is 12.0. The number of hydrogen-bond acceptors (Lipinski definition) is 2. The normalized spacial score (nSPS) is 28.5. The number of rotatable bonds is 2. The number of carbonyl (C=O) groups excluding carboxylic acids is 1. The van der Waals surface area contributed by atoms with Gasteiger partial charge >= 0.3 is 0 Å². The maximum absolute atomic E-state index is 12.0. The van der Waals surface area contributed by atoms with E-state index >= 15 is 0 Å². The van der Waals surface area contributed by atoms with Crippen LogP contribution in [0.4, 0.5) is 0 Å². The number of nitrogens with zero attached hydrogens (tertiary/aromatic N) is 1. The maximum Gasteiger partial charge on any atom is 0.228 e. The van der Waals surface area contributed by atoms with E-state index in [4.69, 9.17) is 4.74 Å². The Balaban J connectivity index is 1.74. The van der Waals surface area contributed by atoms with Crippen molar-refractivity contribution in [3.05, 3.63) is 35.9 Å². The third kappa shape index (κ3) is 1.71. The summed E-state index contributed by atoms with van der Waals surface area (Å²) in [6, 6.07) is 10.1. The van der Waals surface area contributed by atoms with Crippen LogP contribution in [0.3, 0.4) is 0 Å². The lowest BCUT2D eigenvalue weighted by Crippen LogP contribution is -2.43. The number of ether oxygens (including phenoxy) is 1. The van der Waals surface area contributed by atoms with Gasteiger partial charge in [-0.2, -0.15) is 0 Å². The molecule has 0 spiro atoms. The fourth-order valence-electron chi connectivity index (χ4n) is 2.55. The average molecular weight is 217 g/mol. The van der Waals surface area contributed by atoms with Crippen LogP contribution in [-0.2, 0) is 16.1 Å². The molecule has 1 aromatic rings. The highest BCUT2D eigenvalue weighted by molar-refractivity contribution is 5.80. The summed E-state index contributed by atoms with van der Waals surface area (Å²) >= 11 is 0. The Bertz CT molecular complexity index is 390. The topological polar surface area (TPSA) is 29.5 Å². The van der Waals surface area contributed by atoms with Gasteiger partial charge in [0, 0.05) is 13.1 Å². The Morgan fingerprint density at radius 2 is 2.12 bits per heavy atom. The number of amides is 1. The van der Waals surface area contributed by atoms with Gasteiger partial charge in [0.15, 0.2) is 0 Å². The minimum absolute atomic E-state index is 0.113. The summed E-state index contributed by atoms with van der Waals surface area (Å²) in [6.07, 6.45) is 1.19. The van der Waals surface area contributed by atoms with Crippen molar-refractivity contribution >= 4 is 5.91 Å². The number of hydrogen-bond donors (Lipinski definition) is 0. The fraction of sp³-hybridized carbons (Fsp3) is 0.462. The van der Waals surface area contributed by atoms with E-state index in [0.29, 0.717) is 6.61 Å². The molecule has 2 atom stereocenters. The van der Waals surface area contributed by atoms with E-state index in [9.17, 15) is 4.79 Å². The summed E-state index contributed by atoms with van der Waals surface area (Å²) < 4.78 is 5.55. The molecule has 3 rings (SSSR count). The van der Waals surface area contributed by atoms with Crippen LogP contribution in [0.25, 0.3) is 0 Å². The minimum atomic E-state index is 0.113. The predicted octanol–water partition coefficient (Wildman–Crippen LogP) is 1.43. The molecule has 2 aliphatic heterocycles. The lowest BCUT2D eigenvalue weighted by molar-refractivity contribution is -0.137. The molecule has 3 nitrogen and oxygen atoms in total. The molecule has 3 heteroatoms. The van der Waals surface area contributed by atoms with Crippen LogP contribution in [0.1, 0.15) is 12.0 Å². The molecule has 2 heterocycles. The number of benzene rings is 1. The van der Waals surface area contributed by atoms with Gasteiger partial charge in [-0.15, -0.1) is 0 Å². The van der Waals surface area contributed by atoms with Crippen LogP contribution in [0.2, 0.25) is 0 Å². The van der Waals surface area contributed by atoms with Crippen LogP contribution in [0.5, 0.6) is 0 Å². The smallest absolute Gasteiger partial charge is 0.228 e. The minimum Gasteiger partial charge on any atom is -0.376 e. The van der Waals surface area contributed by atoms with Crippen molar-refractivity contribution in [1.82, 2.24) is 4.90 Å². The third-order valence-corrected chi connectivity index (χ3v) is 3.38. The molecule has 0 saturated carbocycles. The molecule has 0 aliphatic carbocycles. The molecular formula is C13H15NO2. The van der Waals surface area contributed by atoms with Crippen molar-refractivity contribution in [1.29, 1.82) is 0 Å². The molecule has 2 fully saturated rings. The Morgan fingerprint density at radius 3 is 2.94 bits per heavy atom. The van der Waals surface area contributed by atoms with Gasteiger partial charge in [-0.05, 0) is 12.0 Å². The first-order valence-electron chi connectivity index (χ1n) is 5.77. The van der Waals surface area contributed by atoms with E-state index in [0.717, 1.165) is 19.5 Å². The van der Waals surface area contributed by atoms with E-state index in [1.165, 1.54) is 5.56 Å². The second-order valence-electron chi connectivity index (χ2n) is 4.59. The predicted molar refractivity (Wildman–Crippen MR) is 59.7 cm³/mol. The van der Waals surface area contributed by atoms with Gasteiger partial charge in [0.05, 0.1) is 18.6 Å². The highest BCUT2D eigenvalue weighted by Gasteiger charge is 2.39. The molecule has 2 aliphatic rings. The van der Waals surface area contributed by atoms with Gasteiger partial charge in [0.2, 0.25) is 5.91 Å². The summed E-state index contributed by atoms with van der Waals surface area (Å²) in [6.45, 7) is 2.09. The Kier molecular flexibility index (Phi) is 2.40. The van der Waals surface area contributed by atoms with Gasteiger partial charge < -0.3 is 9.64 Å². The zero-order valence-electron chi connectivity index (χ0n) is 9.13. The highest BCUT2D eigenvalue weighted by atomic mass is 16.5. The van der Waals surface area contributed by atoms with Crippen LogP contribution < -0.4 is 0 Å². The van der Waals surface area contributed by atoms with E-state index in [-0.39, 0.29) is 17.9 Å². The van der Waals surface area contributed by atoms with Gasteiger partial charge in [0.1, 0.15) is 0 Å². The molecule has 84 valence electrons. The quantitative estimate of drug-likeness (QED) is 0.750. The first-order valence-corrected chi connectivity index (χ1v) is 5.77. The van der Waals surface area contributed by atoms with E-state index in [1.807, 2.05) is 23.1 Å². The van der Waals surface area contributed by atoms with Crippen LogP contribution in [0, 0.1) is 5.92 Å². The Labute approximate surface area is 95.0 Å². The zero-order chi connectivity index (χ0) is 11.0. The van der Waals surface area contributed by atoms with Gasteiger partial charge in [-0.1, -0.05) is 30.3 Å². The molecule has 1 aromatic carbocycles. The lowest BCUT2D eigenvalue weighted by Gasteiger charge is -2.30. The SMILES string of the molecule is O=C1C2COC(C2)CN1Cc1ccccc1. The van der Waals surface area contributed by atoms with Crippen LogP contribution in [-0.4, -0.2) is 30.1 Å². The van der Waals surface area contributed by atoms with Crippen molar-refractivity contribution in [3.8, 4) is 0 Å². The molecular weight excluding hydrogens is 202 g/mol. The first kappa shape index (κ1) is 9.85. The van der Waals surface area contributed by atoms with Crippen molar-refractivity contribution in [3.63, 3.8) is 0 Å². The Hall–Kier alpha value is -1.35.